The van der Waals surface area contributed by atoms with E-state index in [1.165, 1.54) is 6.20 Å². The highest BCUT2D eigenvalue weighted by Crippen LogP contribution is 2.43. The molecule has 1 fully saturated rings. The van der Waals surface area contributed by atoms with Crippen LogP contribution in [0.15, 0.2) is 17.3 Å². The number of H-pyrrole nitrogens is 2. The summed E-state index contributed by atoms with van der Waals surface area (Å²) in [5, 5.41) is 0. The minimum Gasteiger partial charge on any atom is -0.464 e. The number of fused-ring (bicyclic) bond motifs is 1. The van der Waals surface area contributed by atoms with E-state index >= 15 is 4.39 Å². The van der Waals surface area contributed by atoms with E-state index in [2.05, 4.69) is 15.0 Å². The summed E-state index contributed by atoms with van der Waals surface area (Å²) in [6, 6.07) is -2.51. The molecule has 0 spiro atoms. The molecule has 1 amide bonds. The molecule has 1 aliphatic heterocycles. The van der Waals surface area contributed by atoms with E-state index in [9.17, 15) is 19.2 Å². The number of carbonyl (C=O) groups excluding carboxylic acids is 3. The number of nitrogens with one attached hydrogen (secondary N) is 2. The van der Waals surface area contributed by atoms with E-state index in [-0.39, 0.29) is 16.6 Å². The van der Waals surface area contributed by atoms with Gasteiger partial charge >= 0.3 is 18.0 Å². The molecule has 12 heteroatoms. The number of amides is 1. The van der Waals surface area contributed by atoms with E-state index in [0.717, 1.165) is 25.1 Å². The van der Waals surface area contributed by atoms with Gasteiger partial charge in [-0.15, -0.1) is 0 Å². The molecule has 4 atom stereocenters. The molecule has 0 aromatic carbocycles. The van der Waals surface area contributed by atoms with Gasteiger partial charge < -0.3 is 24.2 Å². The Morgan fingerprint density at radius 1 is 1.19 bits per heavy atom. The first-order valence-electron chi connectivity index (χ1n) is 9.91. The molecule has 0 aliphatic carbocycles. The Balaban J connectivity index is 2.15. The Morgan fingerprint density at radius 2 is 1.88 bits per heavy atom. The van der Waals surface area contributed by atoms with E-state index < -0.39 is 60.2 Å². The van der Waals surface area contributed by atoms with Crippen LogP contribution in [0.3, 0.4) is 0 Å². The normalized spacial score (nSPS) is 23.2. The average Bonchev–Trinajstić information content (AvgIpc) is 3.19. The van der Waals surface area contributed by atoms with Crippen LogP contribution in [0.1, 0.15) is 46.2 Å². The highest BCUT2D eigenvalue weighted by atomic mass is 19.1. The van der Waals surface area contributed by atoms with Crippen molar-refractivity contribution in [3.8, 4) is 0 Å². The monoisotopic (exact) mass is 452 g/mol. The van der Waals surface area contributed by atoms with Crippen LogP contribution in [-0.2, 0) is 23.8 Å². The molecule has 1 saturated heterocycles. The molecule has 0 unspecified atom stereocenters. The molecule has 3 rings (SSSR count). The molecule has 2 aromatic heterocycles. The molecule has 0 bridgehead atoms. The van der Waals surface area contributed by atoms with Gasteiger partial charge in [-0.25, -0.2) is 14.2 Å². The molecule has 0 radical (unpaired) electrons. The lowest BCUT2D eigenvalue weighted by molar-refractivity contribution is -0.152. The number of aromatic amines is 2. The number of nitrogens with zero attached hydrogens (tertiary/aromatic N) is 2. The molecule has 0 saturated carbocycles. The molecule has 32 heavy (non-hydrogen) atoms. The first-order valence-corrected chi connectivity index (χ1v) is 9.91. The van der Waals surface area contributed by atoms with Crippen molar-refractivity contribution in [2.24, 2.45) is 0 Å². The number of hydrogen-bond donors (Lipinski definition) is 2. The van der Waals surface area contributed by atoms with Crippen molar-refractivity contribution in [2.45, 2.75) is 64.6 Å². The summed E-state index contributed by atoms with van der Waals surface area (Å²) in [5.74, 6) is -1.43. The predicted molar refractivity (Wildman–Crippen MR) is 108 cm³/mol. The second-order valence-electron chi connectivity index (χ2n) is 8.42. The van der Waals surface area contributed by atoms with Crippen molar-refractivity contribution in [1.82, 2.24) is 19.9 Å². The number of halogens is 1. The molecule has 174 valence electrons. The van der Waals surface area contributed by atoms with Gasteiger partial charge in [0.15, 0.2) is 12.3 Å². The summed E-state index contributed by atoms with van der Waals surface area (Å²) in [7, 11) is 0. The van der Waals surface area contributed by atoms with Crippen molar-refractivity contribution >= 4 is 29.1 Å². The minimum atomic E-state index is -1.92. The first kappa shape index (κ1) is 23.2. The van der Waals surface area contributed by atoms with Crippen LogP contribution >= 0.6 is 0 Å². The van der Waals surface area contributed by atoms with E-state index in [1.54, 1.807) is 20.8 Å². The van der Waals surface area contributed by atoms with E-state index in [1.807, 2.05) is 0 Å². The summed E-state index contributed by atoms with van der Waals surface area (Å²) < 4.78 is 31.5. The Bertz CT molecular complexity index is 1090. The zero-order valence-corrected chi connectivity index (χ0v) is 18.3. The second-order valence-corrected chi connectivity index (χ2v) is 8.42. The van der Waals surface area contributed by atoms with Crippen LogP contribution in [0, 0.1) is 0 Å². The summed E-state index contributed by atoms with van der Waals surface area (Å²) in [4.78, 5) is 58.7. The average molecular weight is 452 g/mol. The van der Waals surface area contributed by atoms with Crippen LogP contribution in [-0.4, -0.2) is 68.4 Å². The van der Waals surface area contributed by atoms with Crippen LogP contribution in [0.2, 0.25) is 0 Å². The number of aromatic nitrogens is 3. The van der Waals surface area contributed by atoms with Crippen LogP contribution in [0.25, 0.3) is 11.0 Å². The lowest BCUT2D eigenvalue weighted by Crippen LogP contribution is -2.47. The number of ether oxygens (including phenoxy) is 3. The van der Waals surface area contributed by atoms with Gasteiger partial charge in [0.05, 0.1) is 12.4 Å². The minimum absolute atomic E-state index is 0.0892. The number of esters is 2. The Kier molecular flexibility index (Phi) is 6.24. The summed E-state index contributed by atoms with van der Waals surface area (Å²) in [5.41, 5.74) is -0.983. The van der Waals surface area contributed by atoms with Crippen LogP contribution in [0.4, 0.5) is 9.18 Å². The van der Waals surface area contributed by atoms with Gasteiger partial charge in [-0.3, -0.25) is 19.3 Å². The van der Waals surface area contributed by atoms with Crippen molar-refractivity contribution in [3.05, 3.63) is 28.4 Å². The molecule has 1 aliphatic rings. The molecule has 3 heterocycles. The highest BCUT2D eigenvalue weighted by molar-refractivity contribution is 5.80. The number of alkyl halides is 1. The molecule has 2 N–H and O–H groups in total. The zero-order chi connectivity index (χ0) is 23.8. The highest BCUT2D eigenvalue weighted by Gasteiger charge is 2.56. The maximum absolute atomic E-state index is 15.8. The van der Waals surface area contributed by atoms with Crippen molar-refractivity contribution < 1.29 is 33.0 Å². The lowest BCUT2D eigenvalue weighted by atomic mass is 10.0. The maximum Gasteiger partial charge on any atom is 0.411 e. The number of rotatable bonds is 4. The number of likely N-dealkylation sites (tertiary alicyclic amines) is 1. The third kappa shape index (κ3) is 4.58. The summed E-state index contributed by atoms with van der Waals surface area (Å²) >= 11 is 0. The number of carbonyl (C=O) groups is 3. The Morgan fingerprint density at radius 3 is 2.47 bits per heavy atom. The maximum atomic E-state index is 15.8. The predicted octanol–water partition coefficient (Wildman–Crippen LogP) is 1.74. The summed E-state index contributed by atoms with van der Waals surface area (Å²) in [6.45, 7) is 6.75. The fraction of sp³-hybridized carbons (Fsp3) is 0.550. The number of hydrogen-bond acceptors (Lipinski definition) is 8. The standard InChI is InChI=1S/C20H25FN4O7/c1-9(26)30-7-12-17(31-10(2)27)13(21)16(25(12)19(29)32-20(3,4)5)11-6-22-15-14(11)23-8-24-18(15)28/h6,8,12-13,16-17,22H,7H2,1-5H3,(H,23,24,28)/t12-,13+,16+,17-/m1/s1. The SMILES string of the molecule is CC(=O)OC[C@@H]1[C@@H](OC(C)=O)[C@@H](F)[C@H](c2c[nH]c3c(=O)[nH]cnc23)N1C(=O)OC(C)(C)C. The Hall–Kier alpha value is -3.44. The third-order valence-corrected chi connectivity index (χ3v) is 4.83. The van der Waals surface area contributed by atoms with Gasteiger partial charge in [0.25, 0.3) is 5.56 Å². The van der Waals surface area contributed by atoms with Gasteiger partial charge in [-0.05, 0) is 20.8 Å². The molecule has 11 nitrogen and oxygen atoms in total. The molecular weight excluding hydrogens is 427 g/mol. The van der Waals surface area contributed by atoms with E-state index in [4.69, 9.17) is 14.2 Å². The summed E-state index contributed by atoms with van der Waals surface area (Å²) in [6.07, 6.45) is -1.76. The van der Waals surface area contributed by atoms with Crippen molar-refractivity contribution in [3.63, 3.8) is 0 Å². The van der Waals surface area contributed by atoms with Crippen LogP contribution < -0.4 is 5.56 Å². The van der Waals surface area contributed by atoms with Gasteiger partial charge in [-0.2, -0.15) is 0 Å². The fourth-order valence-corrected chi connectivity index (χ4v) is 3.70. The zero-order valence-electron chi connectivity index (χ0n) is 18.3. The van der Waals surface area contributed by atoms with Gasteiger partial charge in [0.2, 0.25) is 0 Å². The van der Waals surface area contributed by atoms with Gasteiger partial charge in [0, 0.05) is 25.6 Å². The topological polar surface area (TPSA) is 144 Å². The lowest BCUT2D eigenvalue weighted by Gasteiger charge is -2.32. The Labute approximate surface area is 182 Å². The van der Waals surface area contributed by atoms with Crippen molar-refractivity contribution in [2.75, 3.05) is 6.61 Å². The van der Waals surface area contributed by atoms with Gasteiger partial charge in [0.1, 0.15) is 29.3 Å². The second kappa shape index (κ2) is 8.60. The molecular formula is C20H25FN4O7. The van der Waals surface area contributed by atoms with E-state index in [0.29, 0.717) is 0 Å². The first-order chi connectivity index (χ1) is 14.9. The smallest absolute Gasteiger partial charge is 0.411 e. The third-order valence-electron chi connectivity index (χ3n) is 4.83. The fourth-order valence-electron chi connectivity index (χ4n) is 3.70. The quantitative estimate of drug-likeness (QED) is 0.527. The van der Waals surface area contributed by atoms with Crippen molar-refractivity contribution in [1.29, 1.82) is 0 Å². The largest absolute Gasteiger partial charge is 0.464 e. The van der Waals surface area contributed by atoms with Crippen LogP contribution in [0.5, 0.6) is 0 Å². The molecule has 2 aromatic rings. The van der Waals surface area contributed by atoms with Gasteiger partial charge in [-0.1, -0.05) is 0 Å².